The third-order valence-electron chi connectivity index (χ3n) is 4.16. The Morgan fingerprint density at radius 2 is 2.00 bits per heavy atom. The summed E-state index contributed by atoms with van der Waals surface area (Å²) in [6.45, 7) is 3.09. The zero-order valence-corrected chi connectivity index (χ0v) is 15.2. The van der Waals surface area contributed by atoms with E-state index < -0.39 is 0 Å². The van der Waals surface area contributed by atoms with E-state index in [1.165, 1.54) is 11.8 Å². The molecule has 128 valence electrons. The number of carbonyl (C=O) groups is 1. The van der Waals surface area contributed by atoms with Gasteiger partial charge in [0.25, 0.3) is 0 Å². The first-order valence-corrected chi connectivity index (χ1v) is 9.92. The van der Waals surface area contributed by atoms with Gasteiger partial charge in [0, 0.05) is 37.8 Å². The number of piperazine rings is 1. The van der Waals surface area contributed by atoms with E-state index in [1.807, 2.05) is 34.5 Å². The Labute approximate surface area is 153 Å². The van der Waals surface area contributed by atoms with Crippen LogP contribution in [0.25, 0.3) is 10.2 Å². The van der Waals surface area contributed by atoms with E-state index in [0.717, 1.165) is 47.2 Å². The van der Waals surface area contributed by atoms with Crippen LogP contribution >= 0.6 is 23.1 Å². The molecule has 0 spiro atoms. The maximum Gasteiger partial charge on any atom is 0.233 e. The standard InChI is InChI=1S/C17H17N5OS2/c23-15(11-25-17-13-4-10-24-16(13)19-12-20-17)22-8-6-21(7-9-22)14-3-1-2-5-18-14/h1-5,10,12H,6-9,11H2. The van der Waals surface area contributed by atoms with Gasteiger partial charge in [0.2, 0.25) is 5.91 Å². The SMILES string of the molecule is O=C(CSc1ncnc2sccc12)N1CCN(c2ccccn2)CC1. The number of nitrogens with zero attached hydrogens (tertiary/aromatic N) is 5. The Bertz CT molecular complexity index is 862. The predicted molar refractivity (Wildman–Crippen MR) is 101 cm³/mol. The number of hydrogen-bond acceptors (Lipinski definition) is 7. The molecule has 0 N–H and O–H groups in total. The number of rotatable bonds is 4. The average Bonchev–Trinajstić information content (AvgIpc) is 3.16. The van der Waals surface area contributed by atoms with E-state index in [1.54, 1.807) is 23.9 Å². The zero-order chi connectivity index (χ0) is 17.1. The Balaban J connectivity index is 1.33. The summed E-state index contributed by atoms with van der Waals surface area (Å²) in [4.78, 5) is 30.6. The molecular formula is C17H17N5OS2. The maximum atomic E-state index is 12.5. The van der Waals surface area contributed by atoms with Crippen molar-refractivity contribution in [2.24, 2.45) is 0 Å². The molecule has 0 saturated carbocycles. The van der Waals surface area contributed by atoms with Crippen LogP contribution in [0.1, 0.15) is 0 Å². The van der Waals surface area contributed by atoms with Gasteiger partial charge in [-0.05, 0) is 23.6 Å². The Morgan fingerprint density at radius 3 is 2.80 bits per heavy atom. The molecule has 3 aromatic rings. The van der Waals surface area contributed by atoms with Gasteiger partial charge in [0.15, 0.2) is 0 Å². The molecule has 1 fully saturated rings. The molecule has 0 aromatic carbocycles. The van der Waals surface area contributed by atoms with Crippen LogP contribution in [0.3, 0.4) is 0 Å². The fourth-order valence-electron chi connectivity index (χ4n) is 2.83. The van der Waals surface area contributed by atoms with Crippen molar-refractivity contribution in [3.8, 4) is 0 Å². The van der Waals surface area contributed by atoms with Gasteiger partial charge in [0.1, 0.15) is 22.0 Å². The first-order valence-electron chi connectivity index (χ1n) is 8.06. The summed E-state index contributed by atoms with van der Waals surface area (Å²) in [5, 5.41) is 3.92. The molecule has 25 heavy (non-hydrogen) atoms. The molecule has 0 aliphatic carbocycles. The fourth-order valence-corrected chi connectivity index (χ4v) is 4.51. The van der Waals surface area contributed by atoms with Gasteiger partial charge in [0.05, 0.1) is 5.75 Å². The summed E-state index contributed by atoms with van der Waals surface area (Å²) < 4.78 is 0. The van der Waals surface area contributed by atoms with Crippen LogP contribution < -0.4 is 4.90 Å². The lowest BCUT2D eigenvalue weighted by atomic mass is 10.3. The molecule has 4 heterocycles. The van der Waals surface area contributed by atoms with Crippen LogP contribution in [0.4, 0.5) is 5.82 Å². The van der Waals surface area contributed by atoms with Gasteiger partial charge in [-0.25, -0.2) is 15.0 Å². The molecule has 4 rings (SSSR count). The van der Waals surface area contributed by atoms with Crippen molar-refractivity contribution < 1.29 is 4.79 Å². The van der Waals surface area contributed by atoms with E-state index in [-0.39, 0.29) is 5.91 Å². The van der Waals surface area contributed by atoms with Crippen molar-refractivity contribution in [2.45, 2.75) is 5.03 Å². The van der Waals surface area contributed by atoms with Crippen LogP contribution in [0.5, 0.6) is 0 Å². The van der Waals surface area contributed by atoms with E-state index in [4.69, 9.17) is 0 Å². The van der Waals surface area contributed by atoms with E-state index >= 15 is 0 Å². The number of amides is 1. The van der Waals surface area contributed by atoms with Crippen molar-refractivity contribution >= 4 is 45.0 Å². The molecule has 8 heteroatoms. The van der Waals surface area contributed by atoms with Crippen LogP contribution in [0, 0.1) is 0 Å². The monoisotopic (exact) mass is 371 g/mol. The smallest absolute Gasteiger partial charge is 0.233 e. The Kier molecular flexibility index (Phi) is 4.80. The second kappa shape index (κ2) is 7.37. The molecule has 0 radical (unpaired) electrons. The van der Waals surface area contributed by atoms with Crippen LogP contribution in [-0.2, 0) is 4.79 Å². The van der Waals surface area contributed by atoms with Crippen molar-refractivity contribution in [3.63, 3.8) is 0 Å². The molecule has 1 amide bonds. The molecule has 3 aromatic heterocycles. The highest BCUT2D eigenvalue weighted by molar-refractivity contribution is 8.00. The third-order valence-corrected chi connectivity index (χ3v) is 5.97. The van der Waals surface area contributed by atoms with Crippen molar-refractivity contribution in [3.05, 3.63) is 42.2 Å². The first-order chi connectivity index (χ1) is 12.3. The summed E-state index contributed by atoms with van der Waals surface area (Å²) in [6.07, 6.45) is 3.37. The Hall–Kier alpha value is -2.19. The molecule has 1 aliphatic rings. The average molecular weight is 371 g/mol. The predicted octanol–water partition coefficient (Wildman–Crippen LogP) is 2.53. The minimum Gasteiger partial charge on any atom is -0.353 e. The normalized spacial score (nSPS) is 14.9. The molecule has 6 nitrogen and oxygen atoms in total. The van der Waals surface area contributed by atoms with Crippen LogP contribution in [-0.4, -0.2) is 57.7 Å². The van der Waals surface area contributed by atoms with E-state index in [2.05, 4.69) is 19.9 Å². The highest BCUT2D eigenvalue weighted by Gasteiger charge is 2.22. The van der Waals surface area contributed by atoms with E-state index in [0.29, 0.717) is 5.75 Å². The third kappa shape index (κ3) is 3.59. The quantitative estimate of drug-likeness (QED) is 0.519. The summed E-state index contributed by atoms with van der Waals surface area (Å²) in [7, 11) is 0. The van der Waals surface area contributed by atoms with Gasteiger partial charge >= 0.3 is 0 Å². The number of fused-ring (bicyclic) bond motifs is 1. The van der Waals surface area contributed by atoms with Gasteiger partial charge in [-0.3, -0.25) is 4.79 Å². The summed E-state index contributed by atoms with van der Waals surface area (Å²) in [5.41, 5.74) is 0. The fraction of sp³-hybridized carbons (Fsp3) is 0.294. The lowest BCUT2D eigenvalue weighted by Crippen LogP contribution is -2.49. The van der Waals surface area contributed by atoms with Gasteiger partial charge in [-0.2, -0.15) is 0 Å². The van der Waals surface area contributed by atoms with Gasteiger partial charge in [-0.1, -0.05) is 17.8 Å². The minimum absolute atomic E-state index is 0.160. The molecule has 0 unspecified atom stereocenters. The van der Waals surface area contributed by atoms with Gasteiger partial charge < -0.3 is 9.80 Å². The second-order valence-electron chi connectivity index (χ2n) is 5.66. The van der Waals surface area contributed by atoms with Gasteiger partial charge in [-0.15, -0.1) is 11.3 Å². The number of hydrogen-bond donors (Lipinski definition) is 0. The topological polar surface area (TPSA) is 62.2 Å². The van der Waals surface area contributed by atoms with Crippen LogP contribution in [0.2, 0.25) is 0 Å². The molecule has 0 bridgehead atoms. The highest BCUT2D eigenvalue weighted by atomic mass is 32.2. The van der Waals surface area contributed by atoms with Crippen molar-refractivity contribution in [1.29, 1.82) is 0 Å². The van der Waals surface area contributed by atoms with Crippen molar-refractivity contribution in [2.75, 3.05) is 36.8 Å². The number of thiophene rings is 1. The lowest BCUT2D eigenvalue weighted by molar-refractivity contribution is -0.128. The maximum absolute atomic E-state index is 12.5. The van der Waals surface area contributed by atoms with Crippen LogP contribution in [0.15, 0.2) is 47.2 Å². The molecule has 0 atom stereocenters. The number of thioether (sulfide) groups is 1. The van der Waals surface area contributed by atoms with E-state index in [9.17, 15) is 4.79 Å². The summed E-state index contributed by atoms with van der Waals surface area (Å²) in [6, 6.07) is 7.93. The summed E-state index contributed by atoms with van der Waals surface area (Å²) in [5.74, 6) is 1.54. The first kappa shape index (κ1) is 16.3. The number of carbonyl (C=O) groups excluding carboxylic acids is 1. The summed E-state index contributed by atoms with van der Waals surface area (Å²) >= 11 is 3.08. The number of aromatic nitrogens is 3. The molecular weight excluding hydrogens is 354 g/mol. The number of anilines is 1. The minimum atomic E-state index is 0.160. The molecule has 1 aliphatic heterocycles. The molecule has 1 saturated heterocycles. The zero-order valence-electron chi connectivity index (χ0n) is 13.5. The second-order valence-corrected chi connectivity index (χ2v) is 7.52. The van der Waals surface area contributed by atoms with Crippen molar-refractivity contribution in [1.82, 2.24) is 19.9 Å². The highest BCUT2D eigenvalue weighted by Crippen LogP contribution is 2.27. The Morgan fingerprint density at radius 1 is 1.12 bits per heavy atom. The lowest BCUT2D eigenvalue weighted by Gasteiger charge is -2.35. The largest absolute Gasteiger partial charge is 0.353 e. The number of pyridine rings is 1.